The van der Waals surface area contributed by atoms with E-state index in [0.29, 0.717) is 5.56 Å². The average Bonchev–Trinajstić information content (AvgIpc) is 2.27. The maximum atomic E-state index is 12.0. The van der Waals surface area contributed by atoms with E-state index in [0.717, 1.165) is 5.75 Å². The van der Waals surface area contributed by atoms with E-state index in [2.05, 4.69) is 0 Å². The van der Waals surface area contributed by atoms with Crippen molar-refractivity contribution in [2.75, 3.05) is 19.1 Å². The zero-order valence-corrected chi connectivity index (χ0v) is 10.6. The van der Waals surface area contributed by atoms with Crippen molar-refractivity contribution in [3.63, 3.8) is 0 Å². The molecule has 1 rings (SSSR count). The highest BCUT2D eigenvalue weighted by Crippen LogP contribution is 2.14. The first-order chi connectivity index (χ1) is 7.56. The number of hydrogen-bond acceptors (Lipinski definition) is 3. The van der Waals surface area contributed by atoms with Gasteiger partial charge in [-0.3, -0.25) is 4.79 Å². The maximum Gasteiger partial charge on any atom is 0.253 e. The van der Waals surface area contributed by atoms with E-state index in [1.54, 1.807) is 41.9 Å². The molecular weight excluding hydrogens is 222 g/mol. The molecule has 16 heavy (non-hydrogen) atoms. The zero-order chi connectivity index (χ0) is 12.1. The zero-order valence-electron chi connectivity index (χ0n) is 9.80. The molecule has 0 aliphatic heterocycles. The summed E-state index contributed by atoms with van der Waals surface area (Å²) >= 11 is 1.71. The minimum absolute atomic E-state index is 0.0579. The SMILES string of the molecule is CSCC(C)N(C)C(=O)c1cccc(O)c1. The molecule has 0 saturated heterocycles. The fourth-order valence-electron chi connectivity index (χ4n) is 1.40. The van der Waals surface area contributed by atoms with Gasteiger partial charge in [-0.2, -0.15) is 11.8 Å². The summed E-state index contributed by atoms with van der Waals surface area (Å²) in [6.07, 6.45) is 2.02. The molecule has 1 amide bonds. The highest BCUT2D eigenvalue weighted by Gasteiger charge is 2.17. The highest BCUT2D eigenvalue weighted by molar-refractivity contribution is 7.98. The Morgan fingerprint density at radius 2 is 2.25 bits per heavy atom. The van der Waals surface area contributed by atoms with Crippen LogP contribution in [0, 0.1) is 0 Å². The van der Waals surface area contributed by atoms with Gasteiger partial charge in [-0.05, 0) is 31.4 Å². The van der Waals surface area contributed by atoms with Crippen LogP contribution in [0.2, 0.25) is 0 Å². The second-order valence-corrected chi connectivity index (χ2v) is 4.68. The Bertz CT molecular complexity index is 368. The number of nitrogens with zero attached hydrogens (tertiary/aromatic N) is 1. The van der Waals surface area contributed by atoms with Crippen molar-refractivity contribution in [1.29, 1.82) is 0 Å². The third-order valence-corrected chi connectivity index (χ3v) is 3.30. The molecule has 4 heteroatoms. The molecular formula is C12H17NO2S. The fraction of sp³-hybridized carbons (Fsp3) is 0.417. The van der Waals surface area contributed by atoms with Crippen molar-refractivity contribution < 1.29 is 9.90 Å². The van der Waals surface area contributed by atoms with Gasteiger partial charge in [0.05, 0.1) is 0 Å². The number of rotatable bonds is 4. The molecule has 0 radical (unpaired) electrons. The van der Waals surface area contributed by atoms with Crippen LogP contribution in [0.3, 0.4) is 0 Å². The normalized spacial score (nSPS) is 12.2. The lowest BCUT2D eigenvalue weighted by molar-refractivity contribution is 0.0757. The number of carbonyl (C=O) groups is 1. The predicted octanol–water partition coefficient (Wildman–Crippen LogP) is 2.22. The molecule has 1 N–H and O–H groups in total. The summed E-state index contributed by atoms with van der Waals surface area (Å²) in [5, 5.41) is 9.31. The summed E-state index contributed by atoms with van der Waals surface area (Å²) < 4.78 is 0. The summed E-state index contributed by atoms with van der Waals surface area (Å²) in [6.45, 7) is 2.01. The molecule has 0 aromatic heterocycles. The number of phenolic OH excluding ortho intramolecular Hbond substituents is 1. The van der Waals surface area contributed by atoms with E-state index in [4.69, 9.17) is 0 Å². The molecule has 0 fully saturated rings. The quantitative estimate of drug-likeness (QED) is 0.875. The lowest BCUT2D eigenvalue weighted by Gasteiger charge is -2.24. The van der Waals surface area contributed by atoms with Gasteiger partial charge in [0, 0.05) is 24.4 Å². The predicted molar refractivity (Wildman–Crippen MR) is 68.0 cm³/mol. The summed E-state index contributed by atoms with van der Waals surface area (Å²) in [4.78, 5) is 13.7. The first kappa shape index (κ1) is 12.9. The van der Waals surface area contributed by atoms with Crippen LogP contribution >= 0.6 is 11.8 Å². The van der Waals surface area contributed by atoms with Gasteiger partial charge in [-0.1, -0.05) is 6.07 Å². The van der Waals surface area contributed by atoms with Crippen LogP contribution < -0.4 is 0 Å². The first-order valence-electron chi connectivity index (χ1n) is 5.11. The summed E-state index contributed by atoms with van der Waals surface area (Å²) in [7, 11) is 1.78. The molecule has 1 aromatic carbocycles. The topological polar surface area (TPSA) is 40.5 Å². The van der Waals surface area contributed by atoms with Gasteiger partial charge in [0.1, 0.15) is 5.75 Å². The van der Waals surface area contributed by atoms with Crippen molar-refractivity contribution in [3.8, 4) is 5.75 Å². The lowest BCUT2D eigenvalue weighted by Crippen LogP contribution is -2.36. The number of phenols is 1. The minimum Gasteiger partial charge on any atom is -0.508 e. The number of carbonyl (C=O) groups excluding carboxylic acids is 1. The second-order valence-electron chi connectivity index (χ2n) is 3.77. The Labute approximate surface area is 100 Å². The van der Waals surface area contributed by atoms with Crippen molar-refractivity contribution in [2.45, 2.75) is 13.0 Å². The van der Waals surface area contributed by atoms with Crippen molar-refractivity contribution >= 4 is 17.7 Å². The standard InChI is InChI=1S/C12H17NO2S/c1-9(8-16-3)13(2)12(15)10-5-4-6-11(14)7-10/h4-7,9,14H,8H2,1-3H3. The van der Waals surface area contributed by atoms with Crippen LogP contribution in [0.1, 0.15) is 17.3 Å². The number of hydrogen-bond donors (Lipinski definition) is 1. The van der Waals surface area contributed by atoms with E-state index in [1.807, 2.05) is 13.2 Å². The Hall–Kier alpha value is -1.16. The van der Waals surface area contributed by atoms with Crippen molar-refractivity contribution in [3.05, 3.63) is 29.8 Å². The Morgan fingerprint density at radius 1 is 1.56 bits per heavy atom. The van der Waals surface area contributed by atoms with E-state index < -0.39 is 0 Å². The van der Waals surface area contributed by atoms with Crippen molar-refractivity contribution in [1.82, 2.24) is 4.90 Å². The number of amides is 1. The Morgan fingerprint density at radius 3 is 2.81 bits per heavy atom. The Balaban J connectivity index is 2.77. The third kappa shape index (κ3) is 3.17. The summed E-state index contributed by atoms with van der Waals surface area (Å²) in [6, 6.07) is 6.62. The molecule has 0 saturated carbocycles. The van der Waals surface area contributed by atoms with Crippen LogP contribution in [0.5, 0.6) is 5.75 Å². The highest BCUT2D eigenvalue weighted by atomic mass is 32.2. The largest absolute Gasteiger partial charge is 0.508 e. The molecule has 1 unspecified atom stereocenters. The van der Waals surface area contributed by atoms with Crippen LogP contribution in [0.4, 0.5) is 0 Å². The molecule has 0 aliphatic rings. The maximum absolute atomic E-state index is 12.0. The van der Waals surface area contributed by atoms with Gasteiger partial charge in [-0.15, -0.1) is 0 Å². The molecule has 0 aliphatic carbocycles. The average molecular weight is 239 g/mol. The Kier molecular flexibility index (Phi) is 4.68. The van der Waals surface area contributed by atoms with Gasteiger partial charge in [0.2, 0.25) is 0 Å². The third-order valence-electron chi connectivity index (χ3n) is 2.48. The van der Waals surface area contributed by atoms with Gasteiger partial charge in [0.25, 0.3) is 5.91 Å². The molecule has 3 nitrogen and oxygen atoms in total. The minimum atomic E-state index is -0.0579. The van der Waals surface area contributed by atoms with Gasteiger partial charge < -0.3 is 10.0 Å². The molecule has 0 spiro atoms. The first-order valence-corrected chi connectivity index (χ1v) is 6.50. The number of benzene rings is 1. The monoisotopic (exact) mass is 239 g/mol. The number of aromatic hydroxyl groups is 1. The smallest absolute Gasteiger partial charge is 0.253 e. The van der Waals surface area contributed by atoms with Gasteiger partial charge >= 0.3 is 0 Å². The van der Waals surface area contributed by atoms with Crippen molar-refractivity contribution in [2.24, 2.45) is 0 Å². The molecule has 0 bridgehead atoms. The fourth-order valence-corrected chi connectivity index (χ4v) is 2.10. The summed E-state index contributed by atoms with van der Waals surface area (Å²) in [5.41, 5.74) is 0.524. The summed E-state index contributed by atoms with van der Waals surface area (Å²) in [5.74, 6) is 0.968. The van der Waals surface area contributed by atoms with E-state index >= 15 is 0 Å². The lowest BCUT2D eigenvalue weighted by atomic mass is 10.2. The molecule has 1 atom stereocenters. The van der Waals surface area contributed by atoms with E-state index in [1.165, 1.54) is 6.07 Å². The number of thioether (sulfide) groups is 1. The molecule has 1 aromatic rings. The van der Waals surface area contributed by atoms with Crippen LogP contribution in [0.25, 0.3) is 0 Å². The van der Waals surface area contributed by atoms with Crippen LogP contribution in [-0.4, -0.2) is 41.0 Å². The van der Waals surface area contributed by atoms with Gasteiger partial charge in [-0.25, -0.2) is 0 Å². The van der Waals surface area contributed by atoms with E-state index in [-0.39, 0.29) is 17.7 Å². The van der Waals surface area contributed by atoms with Gasteiger partial charge in [0.15, 0.2) is 0 Å². The van der Waals surface area contributed by atoms with E-state index in [9.17, 15) is 9.90 Å². The van der Waals surface area contributed by atoms with Crippen LogP contribution in [0.15, 0.2) is 24.3 Å². The van der Waals surface area contributed by atoms with Crippen LogP contribution in [-0.2, 0) is 0 Å². The molecule has 88 valence electrons. The second kappa shape index (κ2) is 5.80. The molecule has 0 heterocycles.